The molecule has 0 aliphatic carbocycles. The highest BCUT2D eigenvalue weighted by molar-refractivity contribution is 7.98. The van der Waals surface area contributed by atoms with E-state index in [1.54, 1.807) is 4.57 Å². The fraction of sp³-hybridized carbons (Fsp3) is 0.500. The highest BCUT2D eigenvalue weighted by atomic mass is 35.5. The lowest BCUT2D eigenvalue weighted by atomic mass is 10.5. The van der Waals surface area contributed by atoms with Gasteiger partial charge in [-0.3, -0.25) is 4.57 Å². The number of hydrogen-bond acceptors (Lipinski definition) is 6. The number of aromatic amines is 1. The third kappa shape index (κ3) is 3.08. The molecule has 0 radical (unpaired) electrons. The van der Waals surface area contributed by atoms with Crippen LogP contribution in [0.1, 0.15) is 18.4 Å². The van der Waals surface area contributed by atoms with E-state index in [1.165, 1.54) is 23.1 Å². The molecule has 0 saturated carbocycles. The molecule has 0 aliphatic heterocycles. The highest BCUT2D eigenvalue weighted by Crippen LogP contribution is 2.23. The maximum Gasteiger partial charge on any atom is 0.343 e. The summed E-state index contributed by atoms with van der Waals surface area (Å²) in [5.41, 5.74) is -0.176. The van der Waals surface area contributed by atoms with Crippen LogP contribution in [0.2, 0.25) is 4.47 Å². The first-order valence-electron chi connectivity index (χ1n) is 4.96. The second-order valence-electron chi connectivity index (χ2n) is 3.20. The topological polar surface area (TPSA) is 76.5 Å². The molecule has 0 aliphatic rings. The first-order valence-corrected chi connectivity index (χ1v) is 7.14. The summed E-state index contributed by atoms with van der Waals surface area (Å²) in [6.45, 7) is 2.67. The average Bonchev–Trinajstić information content (AvgIpc) is 2.86. The maximum atomic E-state index is 11.4. The number of thioether (sulfide) groups is 1. The molecule has 0 fully saturated rings. The summed E-state index contributed by atoms with van der Waals surface area (Å²) in [7, 11) is 0. The molecule has 9 heteroatoms. The minimum absolute atomic E-state index is 0.176. The highest BCUT2D eigenvalue weighted by Gasteiger charge is 2.10. The van der Waals surface area contributed by atoms with Crippen molar-refractivity contribution in [3.8, 4) is 0 Å². The van der Waals surface area contributed by atoms with Crippen LogP contribution in [0.5, 0.6) is 0 Å². The van der Waals surface area contributed by atoms with Gasteiger partial charge in [0.15, 0.2) is 5.16 Å². The summed E-state index contributed by atoms with van der Waals surface area (Å²) in [6, 6.07) is 0. The predicted molar refractivity (Wildman–Crippen MR) is 67.6 cm³/mol. The molecular weight excluding hydrogens is 282 g/mol. The monoisotopic (exact) mass is 291 g/mol. The van der Waals surface area contributed by atoms with Crippen molar-refractivity contribution in [2.45, 2.75) is 30.8 Å². The lowest BCUT2D eigenvalue weighted by Gasteiger charge is -2.01. The second-order valence-corrected chi connectivity index (χ2v) is 5.79. The Balaban J connectivity index is 2.06. The van der Waals surface area contributed by atoms with Crippen LogP contribution in [0, 0.1) is 0 Å². The van der Waals surface area contributed by atoms with Crippen molar-refractivity contribution in [1.29, 1.82) is 0 Å². The van der Waals surface area contributed by atoms with Crippen LogP contribution in [0.3, 0.4) is 0 Å². The molecule has 92 valence electrons. The zero-order valence-corrected chi connectivity index (χ0v) is 11.4. The number of rotatable bonds is 5. The molecule has 2 rings (SSSR count). The standard InChI is InChI=1S/C8H10ClN5OS2/c1-2-3-14-7(15)12-13-8(14)16-4-5-10-11-6(9)17-5/h2-4H2,1H3,(H,12,15). The van der Waals surface area contributed by atoms with Crippen molar-refractivity contribution in [3.63, 3.8) is 0 Å². The molecule has 0 aromatic carbocycles. The Morgan fingerprint density at radius 1 is 1.53 bits per heavy atom. The Hall–Kier alpha value is -0.860. The van der Waals surface area contributed by atoms with E-state index in [2.05, 4.69) is 20.4 Å². The molecule has 2 aromatic rings. The Bertz CT molecular complexity index is 548. The van der Waals surface area contributed by atoms with Gasteiger partial charge in [-0.05, 0) is 18.0 Å². The normalized spacial score (nSPS) is 10.9. The number of hydrogen-bond donors (Lipinski definition) is 1. The van der Waals surface area contributed by atoms with Crippen molar-refractivity contribution in [2.75, 3.05) is 0 Å². The van der Waals surface area contributed by atoms with Gasteiger partial charge in [-0.25, -0.2) is 9.89 Å². The molecular formula is C8H10ClN5OS2. The lowest BCUT2D eigenvalue weighted by Crippen LogP contribution is -2.17. The quantitative estimate of drug-likeness (QED) is 0.850. The van der Waals surface area contributed by atoms with E-state index in [4.69, 9.17) is 11.6 Å². The van der Waals surface area contributed by atoms with E-state index in [0.717, 1.165) is 11.4 Å². The largest absolute Gasteiger partial charge is 0.343 e. The first kappa shape index (κ1) is 12.6. The van der Waals surface area contributed by atoms with Gasteiger partial charge in [-0.1, -0.05) is 30.0 Å². The van der Waals surface area contributed by atoms with Crippen LogP contribution in [-0.4, -0.2) is 25.0 Å². The minimum atomic E-state index is -0.176. The zero-order valence-electron chi connectivity index (χ0n) is 9.01. The SMILES string of the molecule is CCCn1c(SCc2nnc(Cl)s2)n[nH]c1=O. The van der Waals surface area contributed by atoms with Crippen molar-refractivity contribution in [2.24, 2.45) is 0 Å². The fourth-order valence-electron chi connectivity index (χ4n) is 1.25. The second kappa shape index (κ2) is 5.65. The van der Waals surface area contributed by atoms with Gasteiger partial charge in [0.05, 0.1) is 5.75 Å². The van der Waals surface area contributed by atoms with Gasteiger partial charge in [-0.2, -0.15) is 0 Å². The molecule has 17 heavy (non-hydrogen) atoms. The molecule has 1 N–H and O–H groups in total. The number of aromatic nitrogens is 5. The van der Waals surface area contributed by atoms with E-state index in [-0.39, 0.29) is 5.69 Å². The Kier molecular flexibility index (Phi) is 4.19. The summed E-state index contributed by atoms with van der Waals surface area (Å²) in [4.78, 5) is 11.4. The van der Waals surface area contributed by atoms with Gasteiger partial charge in [0.25, 0.3) is 0 Å². The third-order valence-electron chi connectivity index (χ3n) is 1.94. The summed E-state index contributed by atoms with van der Waals surface area (Å²) < 4.78 is 2.04. The zero-order chi connectivity index (χ0) is 12.3. The molecule has 0 unspecified atom stereocenters. The predicted octanol–water partition coefficient (Wildman–Crippen LogP) is 1.78. The molecule has 2 heterocycles. The average molecular weight is 292 g/mol. The molecule has 0 atom stereocenters. The van der Waals surface area contributed by atoms with Crippen LogP contribution < -0.4 is 5.69 Å². The Morgan fingerprint density at radius 2 is 2.35 bits per heavy atom. The minimum Gasteiger partial charge on any atom is -0.270 e. The molecule has 0 amide bonds. The fourth-order valence-corrected chi connectivity index (χ4v) is 3.08. The van der Waals surface area contributed by atoms with Crippen LogP contribution in [-0.2, 0) is 12.3 Å². The Labute approximate surface area is 110 Å². The Morgan fingerprint density at radius 3 is 3.00 bits per heavy atom. The van der Waals surface area contributed by atoms with Gasteiger partial charge in [0.2, 0.25) is 4.47 Å². The summed E-state index contributed by atoms with van der Waals surface area (Å²) in [5.74, 6) is 0.610. The molecule has 0 saturated heterocycles. The van der Waals surface area contributed by atoms with Crippen molar-refractivity contribution >= 4 is 34.7 Å². The summed E-state index contributed by atoms with van der Waals surface area (Å²) in [5, 5.41) is 15.5. The van der Waals surface area contributed by atoms with Gasteiger partial charge < -0.3 is 0 Å². The third-order valence-corrected chi connectivity index (χ3v) is 4.13. The van der Waals surface area contributed by atoms with E-state index < -0.39 is 0 Å². The maximum absolute atomic E-state index is 11.4. The van der Waals surface area contributed by atoms with Crippen LogP contribution in [0.4, 0.5) is 0 Å². The van der Waals surface area contributed by atoms with Crippen LogP contribution in [0.15, 0.2) is 9.95 Å². The lowest BCUT2D eigenvalue weighted by molar-refractivity contribution is 0.604. The van der Waals surface area contributed by atoms with Gasteiger partial charge in [-0.15, -0.1) is 15.3 Å². The summed E-state index contributed by atoms with van der Waals surface area (Å²) >= 11 is 8.46. The number of nitrogens with zero attached hydrogens (tertiary/aromatic N) is 4. The van der Waals surface area contributed by atoms with E-state index in [9.17, 15) is 4.79 Å². The number of nitrogens with one attached hydrogen (secondary N) is 1. The van der Waals surface area contributed by atoms with Crippen LogP contribution >= 0.6 is 34.7 Å². The molecule has 6 nitrogen and oxygen atoms in total. The van der Waals surface area contributed by atoms with Crippen molar-refractivity contribution < 1.29 is 0 Å². The number of H-pyrrole nitrogens is 1. The van der Waals surface area contributed by atoms with E-state index in [0.29, 0.717) is 21.9 Å². The van der Waals surface area contributed by atoms with Gasteiger partial charge >= 0.3 is 5.69 Å². The first-order chi connectivity index (χ1) is 8.20. The van der Waals surface area contributed by atoms with Crippen molar-refractivity contribution in [3.05, 3.63) is 20.0 Å². The van der Waals surface area contributed by atoms with E-state index >= 15 is 0 Å². The molecule has 0 spiro atoms. The molecule has 2 aromatic heterocycles. The van der Waals surface area contributed by atoms with Gasteiger partial charge in [0, 0.05) is 6.54 Å². The van der Waals surface area contributed by atoms with Crippen LogP contribution in [0.25, 0.3) is 0 Å². The smallest absolute Gasteiger partial charge is 0.270 e. The van der Waals surface area contributed by atoms with Gasteiger partial charge in [0.1, 0.15) is 5.01 Å². The summed E-state index contributed by atoms with van der Waals surface area (Å²) in [6.07, 6.45) is 0.887. The van der Waals surface area contributed by atoms with Crippen molar-refractivity contribution in [1.82, 2.24) is 25.0 Å². The van der Waals surface area contributed by atoms with E-state index in [1.807, 2.05) is 6.92 Å². The molecule has 0 bridgehead atoms. The number of halogens is 1.